The zero-order valence-corrected chi connectivity index (χ0v) is 17.8. The van der Waals surface area contributed by atoms with Crippen LogP contribution in [0, 0.1) is 17.8 Å². The van der Waals surface area contributed by atoms with Gasteiger partial charge in [0, 0.05) is 5.02 Å². The smallest absolute Gasteiger partial charge is 0.487 e. The SMILES string of the molecule is O=C1[C@H]2[C@H](CC(CO)=C3B(O)O[C@H](c4ccc(O)cc4Cl)C[C@H]32)C(=O)N1c1ccccc1. The van der Waals surface area contributed by atoms with Crippen LogP contribution in [0.4, 0.5) is 5.69 Å². The molecule has 0 unspecified atom stereocenters. The van der Waals surface area contributed by atoms with E-state index in [1.54, 1.807) is 30.3 Å². The number of phenols is 1. The van der Waals surface area contributed by atoms with Gasteiger partial charge < -0.3 is 19.9 Å². The summed E-state index contributed by atoms with van der Waals surface area (Å²) in [5, 5.41) is 30.8. The molecule has 0 aromatic heterocycles. The minimum absolute atomic E-state index is 0.00561. The molecule has 2 amide bonds. The third kappa shape index (κ3) is 3.26. The number of fused-ring (bicyclic) bond motifs is 3. The predicted octanol–water partition coefficient (Wildman–Crippen LogP) is 2.64. The number of hydrogen-bond donors (Lipinski definition) is 3. The van der Waals surface area contributed by atoms with E-state index in [1.807, 2.05) is 6.07 Å². The molecule has 4 atom stereocenters. The molecule has 9 heteroatoms. The van der Waals surface area contributed by atoms with Gasteiger partial charge in [-0.1, -0.05) is 35.9 Å². The summed E-state index contributed by atoms with van der Waals surface area (Å²) >= 11 is 6.31. The van der Waals surface area contributed by atoms with Crippen molar-refractivity contribution < 1.29 is 29.5 Å². The Bertz CT molecular complexity index is 1120. The summed E-state index contributed by atoms with van der Waals surface area (Å²) in [5.74, 6) is -2.36. The van der Waals surface area contributed by atoms with Crippen LogP contribution in [0.2, 0.25) is 5.02 Å². The first-order valence-corrected chi connectivity index (χ1v) is 10.9. The van der Waals surface area contributed by atoms with E-state index < -0.39 is 31.0 Å². The minimum atomic E-state index is -1.33. The molecule has 164 valence electrons. The number of para-hydroxylation sites is 1. The number of carbonyl (C=O) groups excluding carboxylic acids is 2. The fraction of sp³-hybridized carbons (Fsp3) is 0.304. The highest BCUT2D eigenvalue weighted by Crippen LogP contribution is 2.52. The van der Waals surface area contributed by atoms with Crippen molar-refractivity contribution in [3.63, 3.8) is 0 Å². The average molecular weight is 454 g/mol. The van der Waals surface area contributed by atoms with Crippen molar-refractivity contribution in [2.24, 2.45) is 17.8 Å². The highest BCUT2D eigenvalue weighted by Gasteiger charge is 2.58. The Balaban J connectivity index is 1.55. The van der Waals surface area contributed by atoms with E-state index in [1.165, 1.54) is 17.0 Å². The van der Waals surface area contributed by atoms with Crippen LogP contribution in [-0.2, 0) is 14.2 Å². The average Bonchev–Trinajstić information content (AvgIpc) is 3.03. The maximum absolute atomic E-state index is 13.5. The van der Waals surface area contributed by atoms with E-state index in [2.05, 4.69) is 0 Å². The predicted molar refractivity (Wildman–Crippen MR) is 118 cm³/mol. The number of amides is 2. The summed E-state index contributed by atoms with van der Waals surface area (Å²) in [4.78, 5) is 28.0. The highest BCUT2D eigenvalue weighted by atomic mass is 35.5. The Hall–Kier alpha value is -2.65. The zero-order valence-electron chi connectivity index (χ0n) is 17.0. The lowest BCUT2D eigenvalue weighted by Gasteiger charge is -2.42. The Morgan fingerprint density at radius 3 is 2.53 bits per heavy atom. The fourth-order valence-electron chi connectivity index (χ4n) is 5.37. The van der Waals surface area contributed by atoms with Crippen LogP contribution in [0.15, 0.2) is 59.6 Å². The number of anilines is 1. The maximum atomic E-state index is 13.5. The van der Waals surface area contributed by atoms with E-state index >= 15 is 0 Å². The van der Waals surface area contributed by atoms with Crippen molar-refractivity contribution in [1.29, 1.82) is 0 Å². The number of hydrogen-bond acceptors (Lipinski definition) is 6. The largest absolute Gasteiger partial charge is 0.508 e. The van der Waals surface area contributed by atoms with Gasteiger partial charge in [0.15, 0.2) is 0 Å². The number of aromatic hydroxyl groups is 1. The van der Waals surface area contributed by atoms with Crippen LogP contribution in [-0.4, -0.2) is 40.8 Å². The van der Waals surface area contributed by atoms with Crippen molar-refractivity contribution in [1.82, 2.24) is 0 Å². The molecule has 2 aromatic rings. The van der Waals surface area contributed by atoms with Gasteiger partial charge in [0.2, 0.25) is 11.8 Å². The molecule has 0 saturated carbocycles. The third-order valence-corrected chi connectivity index (χ3v) is 7.07. The number of aliphatic hydroxyl groups excluding tert-OH is 1. The summed E-state index contributed by atoms with van der Waals surface area (Å²) < 4.78 is 5.83. The molecule has 7 nitrogen and oxygen atoms in total. The lowest BCUT2D eigenvalue weighted by atomic mass is 9.55. The number of phenolic OH excluding ortho intramolecular Hbond substituents is 1. The van der Waals surface area contributed by atoms with Gasteiger partial charge >= 0.3 is 7.12 Å². The summed E-state index contributed by atoms with van der Waals surface area (Å²) in [6, 6.07) is 13.3. The van der Waals surface area contributed by atoms with Crippen LogP contribution in [0.5, 0.6) is 5.75 Å². The number of rotatable bonds is 3. The lowest BCUT2D eigenvalue weighted by molar-refractivity contribution is -0.123. The number of imide groups is 1. The number of halogens is 1. The Morgan fingerprint density at radius 1 is 1.09 bits per heavy atom. The second-order valence-corrected chi connectivity index (χ2v) is 8.83. The zero-order chi connectivity index (χ0) is 22.6. The van der Waals surface area contributed by atoms with Gasteiger partial charge in [-0.15, -0.1) is 0 Å². The molecule has 0 radical (unpaired) electrons. The van der Waals surface area contributed by atoms with Gasteiger partial charge in [0.25, 0.3) is 0 Å². The Labute approximate surface area is 190 Å². The summed E-state index contributed by atoms with van der Waals surface area (Å²) in [5.41, 5.74) is 2.10. The van der Waals surface area contributed by atoms with E-state index in [0.29, 0.717) is 28.7 Å². The number of carbonyl (C=O) groups is 2. The quantitative estimate of drug-likeness (QED) is 0.487. The molecule has 2 aromatic carbocycles. The summed E-state index contributed by atoms with van der Waals surface area (Å²) in [7, 11) is -1.33. The van der Waals surface area contributed by atoms with Crippen molar-refractivity contribution in [3.05, 3.63) is 70.2 Å². The molecule has 5 rings (SSSR count). The molecule has 1 aliphatic carbocycles. The van der Waals surface area contributed by atoms with Crippen LogP contribution in [0.1, 0.15) is 24.5 Å². The van der Waals surface area contributed by atoms with Gasteiger partial charge in [-0.05, 0) is 59.6 Å². The fourth-order valence-corrected chi connectivity index (χ4v) is 5.66. The van der Waals surface area contributed by atoms with Crippen LogP contribution in [0.25, 0.3) is 0 Å². The Kier molecular flexibility index (Phi) is 5.33. The first-order chi connectivity index (χ1) is 15.4. The molecular formula is C23H21BClNO6. The molecule has 2 aliphatic heterocycles. The topological polar surface area (TPSA) is 107 Å². The second-order valence-electron chi connectivity index (χ2n) is 8.43. The molecule has 0 bridgehead atoms. The number of allylic oxidation sites excluding steroid dienone is 1. The first-order valence-electron chi connectivity index (χ1n) is 10.5. The highest BCUT2D eigenvalue weighted by molar-refractivity contribution is 6.53. The van der Waals surface area contributed by atoms with Crippen LogP contribution < -0.4 is 4.90 Å². The first kappa shape index (κ1) is 21.2. The van der Waals surface area contributed by atoms with Gasteiger partial charge in [-0.2, -0.15) is 0 Å². The molecule has 3 aliphatic rings. The molecule has 2 saturated heterocycles. The van der Waals surface area contributed by atoms with Crippen molar-refractivity contribution >= 4 is 36.2 Å². The van der Waals surface area contributed by atoms with Gasteiger partial charge in [-0.25, -0.2) is 0 Å². The Morgan fingerprint density at radius 2 is 1.84 bits per heavy atom. The van der Waals surface area contributed by atoms with Gasteiger partial charge in [0.1, 0.15) is 5.75 Å². The maximum Gasteiger partial charge on any atom is 0.487 e. The third-order valence-electron chi connectivity index (χ3n) is 6.75. The standard InChI is InChI=1S/C23H21BClNO6/c25-18-9-14(28)6-7-15(18)19-10-16-20-17(8-12(11-27)21(16)24(31)32-19)22(29)26(23(20)30)13-4-2-1-3-5-13/h1-7,9,16-17,19-20,27-28,31H,8,10-11H2/t16-,17-,19-,20+/m0/s1. The van der Waals surface area contributed by atoms with E-state index in [0.717, 1.165) is 0 Å². The molecular weight excluding hydrogens is 433 g/mol. The molecule has 2 heterocycles. The molecule has 0 spiro atoms. The number of nitrogens with zero attached hydrogens (tertiary/aromatic N) is 1. The molecule has 3 N–H and O–H groups in total. The minimum Gasteiger partial charge on any atom is -0.508 e. The molecule has 32 heavy (non-hydrogen) atoms. The second kappa shape index (κ2) is 8.05. The summed E-state index contributed by atoms with van der Waals surface area (Å²) in [6.07, 6.45) is -0.131. The normalized spacial score (nSPS) is 27.6. The van der Waals surface area contributed by atoms with Crippen molar-refractivity contribution in [2.45, 2.75) is 18.9 Å². The van der Waals surface area contributed by atoms with Crippen LogP contribution >= 0.6 is 11.6 Å². The van der Waals surface area contributed by atoms with Crippen molar-refractivity contribution in [2.75, 3.05) is 11.5 Å². The van der Waals surface area contributed by atoms with E-state index in [-0.39, 0.29) is 35.6 Å². The number of benzene rings is 2. The number of aliphatic hydroxyl groups is 1. The van der Waals surface area contributed by atoms with Crippen molar-refractivity contribution in [3.8, 4) is 5.75 Å². The van der Waals surface area contributed by atoms with Crippen LogP contribution in [0.3, 0.4) is 0 Å². The monoisotopic (exact) mass is 453 g/mol. The van der Waals surface area contributed by atoms with E-state index in [4.69, 9.17) is 16.3 Å². The summed E-state index contributed by atoms with van der Waals surface area (Å²) in [6.45, 7) is -0.326. The van der Waals surface area contributed by atoms with Gasteiger partial charge in [-0.3, -0.25) is 14.5 Å². The van der Waals surface area contributed by atoms with E-state index in [9.17, 15) is 24.8 Å². The lowest BCUT2D eigenvalue weighted by Crippen LogP contribution is -2.45. The van der Waals surface area contributed by atoms with Gasteiger partial charge in [0.05, 0.1) is 30.2 Å². The molecule has 2 fully saturated rings.